The van der Waals surface area contributed by atoms with Gasteiger partial charge >= 0.3 is 0 Å². The van der Waals surface area contributed by atoms with Crippen LogP contribution in [0.3, 0.4) is 0 Å². The molecule has 1 N–H and O–H groups in total. The van der Waals surface area contributed by atoms with E-state index in [0.29, 0.717) is 20.9 Å². The van der Waals surface area contributed by atoms with Gasteiger partial charge in [0.15, 0.2) is 6.61 Å². The quantitative estimate of drug-likeness (QED) is 0.761. The van der Waals surface area contributed by atoms with Crippen LogP contribution in [0, 0.1) is 5.82 Å². The van der Waals surface area contributed by atoms with E-state index >= 15 is 0 Å². The molecule has 0 atom stereocenters. The topological polar surface area (TPSA) is 58.6 Å². The summed E-state index contributed by atoms with van der Waals surface area (Å²) in [5.74, 6) is -0.861. The molecule has 25 heavy (non-hydrogen) atoms. The molecule has 5 nitrogen and oxygen atoms in total. The highest BCUT2D eigenvalue weighted by molar-refractivity contribution is 9.10. The van der Waals surface area contributed by atoms with Crippen molar-refractivity contribution in [3.63, 3.8) is 0 Å². The lowest BCUT2D eigenvalue weighted by molar-refractivity contribution is -0.135. The second kappa shape index (κ2) is 8.82. The van der Waals surface area contributed by atoms with Crippen LogP contribution in [0.4, 0.5) is 10.1 Å². The lowest BCUT2D eigenvalue weighted by atomic mass is 10.3. The molecular formula is C17H15BrClFN2O3. The Kier molecular flexibility index (Phi) is 6.78. The number of nitrogens with zero attached hydrogens (tertiary/aromatic N) is 1. The first-order chi connectivity index (χ1) is 11.9. The number of halogens is 3. The van der Waals surface area contributed by atoms with Crippen molar-refractivity contribution in [3.05, 3.63) is 57.8 Å². The first kappa shape index (κ1) is 19.2. The van der Waals surface area contributed by atoms with E-state index < -0.39 is 11.7 Å². The highest BCUT2D eigenvalue weighted by atomic mass is 79.9. The van der Waals surface area contributed by atoms with E-state index in [1.165, 1.54) is 30.1 Å². The Labute approximate surface area is 157 Å². The van der Waals surface area contributed by atoms with Crippen LogP contribution in [-0.4, -0.2) is 36.9 Å². The number of amides is 2. The van der Waals surface area contributed by atoms with Gasteiger partial charge in [-0.2, -0.15) is 0 Å². The summed E-state index contributed by atoms with van der Waals surface area (Å²) in [4.78, 5) is 25.3. The summed E-state index contributed by atoms with van der Waals surface area (Å²) in [5, 5.41) is 3.04. The van der Waals surface area contributed by atoms with E-state index in [-0.39, 0.29) is 19.1 Å². The second-order valence-electron chi connectivity index (χ2n) is 5.14. The normalized spacial score (nSPS) is 10.2. The van der Waals surface area contributed by atoms with Crippen LogP contribution in [0.5, 0.6) is 5.75 Å². The molecule has 2 amide bonds. The Morgan fingerprint density at radius 3 is 2.68 bits per heavy atom. The molecule has 0 saturated carbocycles. The molecule has 0 saturated heterocycles. The molecule has 0 aliphatic heterocycles. The Morgan fingerprint density at radius 2 is 2.00 bits per heavy atom. The molecule has 0 heterocycles. The number of ether oxygens (including phenoxy) is 1. The maximum absolute atomic E-state index is 13.0. The average Bonchev–Trinajstić information content (AvgIpc) is 2.55. The molecule has 0 unspecified atom stereocenters. The lowest BCUT2D eigenvalue weighted by Gasteiger charge is -2.17. The smallest absolute Gasteiger partial charge is 0.260 e. The largest absolute Gasteiger partial charge is 0.483 e. The van der Waals surface area contributed by atoms with Crippen molar-refractivity contribution in [2.75, 3.05) is 25.5 Å². The van der Waals surface area contributed by atoms with Crippen LogP contribution in [0.25, 0.3) is 0 Å². The third-order valence-electron chi connectivity index (χ3n) is 3.20. The number of benzene rings is 2. The summed E-state index contributed by atoms with van der Waals surface area (Å²) in [7, 11) is 1.48. The van der Waals surface area contributed by atoms with Gasteiger partial charge in [0.2, 0.25) is 5.91 Å². The van der Waals surface area contributed by atoms with Crippen LogP contribution in [0.1, 0.15) is 0 Å². The second-order valence-corrected chi connectivity index (χ2v) is 6.40. The van der Waals surface area contributed by atoms with Crippen molar-refractivity contribution in [3.8, 4) is 5.75 Å². The molecule has 2 rings (SSSR count). The number of carbonyl (C=O) groups excluding carboxylic acids is 2. The molecule has 0 spiro atoms. The van der Waals surface area contributed by atoms with Gasteiger partial charge in [-0.15, -0.1) is 0 Å². The van der Waals surface area contributed by atoms with Gasteiger partial charge in [-0.3, -0.25) is 9.59 Å². The zero-order valence-corrected chi connectivity index (χ0v) is 15.6. The van der Waals surface area contributed by atoms with Crippen molar-refractivity contribution in [2.24, 2.45) is 0 Å². The maximum atomic E-state index is 13.0. The Hall–Kier alpha value is -2.12. The Balaban J connectivity index is 1.85. The summed E-state index contributed by atoms with van der Waals surface area (Å²) in [5.41, 5.74) is 0.474. The van der Waals surface area contributed by atoms with E-state index in [4.69, 9.17) is 16.3 Å². The van der Waals surface area contributed by atoms with Crippen molar-refractivity contribution < 1.29 is 18.7 Å². The molecule has 0 aliphatic rings. The number of rotatable bonds is 6. The van der Waals surface area contributed by atoms with Crippen molar-refractivity contribution in [1.29, 1.82) is 0 Å². The van der Waals surface area contributed by atoms with E-state index in [0.717, 1.165) is 0 Å². The molecule has 0 radical (unpaired) electrons. The van der Waals surface area contributed by atoms with E-state index in [1.807, 2.05) is 0 Å². The maximum Gasteiger partial charge on any atom is 0.260 e. The highest BCUT2D eigenvalue weighted by Gasteiger charge is 2.15. The fourth-order valence-corrected chi connectivity index (χ4v) is 2.55. The summed E-state index contributed by atoms with van der Waals surface area (Å²) in [6, 6.07) is 10.7. The predicted molar refractivity (Wildman–Crippen MR) is 97.3 cm³/mol. The zero-order valence-electron chi connectivity index (χ0n) is 13.3. The van der Waals surface area contributed by atoms with Gasteiger partial charge in [0.1, 0.15) is 11.6 Å². The van der Waals surface area contributed by atoms with Crippen LogP contribution in [0.15, 0.2) is 46.9 Å². The number of para-hydroxylation sites is 1. The van der Waals surface area contributed by atoms with Crippen LogP contribution < -0.4 is 10.1 Å². The van der Waals surface area contributed by atoms with Crippen molar-refractivity contribution in [1.82, 2.24) is 4.90 Å². The third kappa shape index (κ3) is 5.72. The Bertz CT molecular complexity index is 788. The minimum atomic E-state index is -0.418. The molecule has 2 aromatic carbocycles. The SMILES string of the molecule is CN(CC(=O)Nc1ccccc1Cl)C(=O)COc1ccc(F)cc1Br. The number of hydrogen-bond acceptors (Lipinski definition) is 3. The van der Waals surface area contributed by atoms with Gasteiger partial charge in [0.05, 0.1) is 21.7 Å². The molecule has 0 bridgehead atoms. The highest BCUT2D eigenvalue weighted by Crippen LogP contribution is 2.25. The fourth-order valence-electron chi connectivity index (χ4n) is 1.90. The van der Waals surface area contributed by atoms with Gasteiger partial charge in [-0.25, -0.2) is 4.39 Å². The molecular weight excluding hydrogens is 415 g/mol. The monoisotopic (exact) mass is 428 g/mol. The molecule has 0 aromatic heterocycles. The van der Waals surface area contributed by atoms with Crippen LogP contribution in [0.2, 0.25) is 5.02 Å². The third-order valence-corrected chi connectivity index (χ3v) is 4.15. The van der Waals surface area contributed by atoms with Crippen molar-refractivity contribution >= 4 is 45.0 Å². The van der Waals surface area contributed by atoms with Gasteiger partial charge < -0.3 is 15.0 Å². The van der Waals surface area contributed by atoms with Crippen LogP contribution >= 0.6 is 27.5 Å². The lowest BCUT2D eigenvalue weighted by Crippen LogP contribution is -2.37. The molecule has 2 aromatic rings. The summed E-state index contributed by atoms with van der Waals surface area (Å²) < 4.78 is 18.7. The Morgan fingerprint density at radius 1 is 1.28 bits per heavy atom. The van der Waals surface area contributed by atoms with Gasteiger partial charge in [-0.1, -0.05) is 23.7 Å². The first-order valence-electron chi connectivity index (χ1n) is 7.23. The minimum absolute atomic E-state index is 0.155. The standard InChI is InChI=1S/C17H15BrClFN2O3/c1-22(9-16(23)21-14-5-3-2-4-13(14)19)17(24)10-25-15-7-6-11(20)8-12(15)18/h2-8H,9-10H2,1H3,(H,21,23). The predicted octanol–water partition coefficient (Wildman–Crippen LogP) is 3.72. The zero-order chi connectivity index (χ0) is 18.4. The minimum Gasteiger partial charge on any atom is -0.483 e. The van der Waals surface area contributed by atoms with Gasteiger partial charge in [-0.05, 0) is 46.3 Å². The first-order valence-corrected chi connectivity index (χ1v) is 8.40. The molecule has 8 heteroatoms. The molecule has 132 valence electrons. The van der Waals surface area contributed by atoms with E-state index in [9.17, 15) is 14.0 Å². The number of carbonyl (C=O) groups is 2. The van der Waals surface area contributed by atoms with E-state index in [1.54, 1.807) is 24.3 Å². The van der Waals surface area contributed by atoms with Crippen LogP contribution in [-0.2, 0) is 9.59 Å². The summed E-state index contributed by atoms with van der Waals surface area (Å²) in [6.07, 6.45) is 0. The number of likely N-dealkylation sites (N-methyl/N-ethyl adjacent to an activating group) is 1. The van der Waals surface area contributed by atoms with Gasteiger partial charge in [0, 0.05) is 7.05 Å². The number of nitrogens with one attached hydrogen (secondary N) is 1. The van der Waals surface area contributed by atoms with Crippen molar-refractivity contribution in [2.45, 2.75) is 0 Å². The fraction of sp³-hybridized carbons (Fsp3) is 0.176. The molecule has 0 fully saturated rings. The average molecular weight is 430 g/mol. The summed E-state index contributed by atoms with van der Waals surface area (Å²) in [6.45, 7) is -0.432. The van der Waals surface area contributed by atoms with Gasteiger partial charge in [0.25, 0.3) is 5.91 Å². The van der Waals surface area contributed by atoms with E-state index in [2.05, 4.69) is 21.2 Å². The number of anilines is 1. The number of hydrogen-bond donors (Lipinski definition) is 1. The molecule has 0 aliphatic carbocycles. The summed E-state index contributed by atoms with van der Waals surface area (Å²) >= 11 is 9.12.